The van der Waals surface area contributed by atoms with Crippen LogP contribution in [0.15, 0.2) is 12.3 Å². The van der Waals surface area contributed by atoms with E-state index < -0.39 is 0 Å². The second-order valence-electron chi connectivity index (χ2n) is 0.572. The average molecular weight is 84.1 g/mol. The summed E-state index contributed by atoms with van der Waals surface area (Å²) in [6, 6.07) is 0. The molecule has 0 spiro atoms. The summed E-state index contributed by atoms with van der Waals surface area (Å²) >= 11 is 0. The topological polar surface area (TPSA) is 40.5 Å². The maximum Gasteiger partial charge on any atom is 0.112 e. The fourth-order valence-electron chi connectivity index (χ4n) is 0.0745. The molecule has 0 rings (SSSR count). The van der Waals surface area contributed by atoms with E-state index in [2.05, 4.69) is 5.92 Å². The van der Waals surface area contributed by atoms with Gasteiger partial charge in [-0.05, 0) is 5.92 Å². The molecule has 0 aromatic rings. The summed E-state index contributed by atoms with van der Waals surface area (Å²) in [6.07, 6.45) is 3.45. The third-order valence-corrected chi connectivity index (χ3v) is 0.222. The lowest BCUT2D eigenvalue weighted by molar-refractivity contribution is 0.473. The molecule has 0 fully saturated rings. The van der Waals surface area contributed by atoms with Crippen LogP contribution < -0.4 is 0 Å². The van der Waals surface area contributed by atoms with Crippen LogP contribution in [0.1, 0.15) is 0 Å². The summed E-state index contributed by atoms with van der Waals surface area (Å²) in [7, 11) is 0. The molecule has 0 aliphatic carbocycles. The Morgan fingerprint density at radius 1 is 1.50 bits per heavy atom. The second-order valence-corrected chi connectivity index (χ2v) is 0.572. The van der Waals surface area contributed by atoms with Gasteiger partial charge in [0.25, 0.3) is 0 Å². The van der Waals surface area contributed by atoms with Crippen molar-refractivity contribution < 1.29 is 10.2 Å². The fourth-order valence-corrected chi connectivity index (χ4v) is 0.0745. The van der Waals surface area contributed by atoms with Gasteiger partial charge in [-0.1, -0.05) is 0 Å². The molecule has 6 heavy (non-hydrogen) atoms. The number of aliphatic hydroxyl groups excluding tert-OH is 2. The Labute approximate surface area is 35.7 Å². The molecule has 0 saturated heterocycles. The van der Waals surface area contributed by atoms with Gasteiger partial charge in [0.2, 0.25) is 0 Å². The Hall–Kier alpha value is -1.10. The number of allylic oxidation sites excluding steroid dienone is 1. The van der Waals surface area contributed by atoms with Crippen molar-refractivity contribution in [3.8, 4) is 12.0 Å². The van der Waals surface area contributed by atoms with Crippen molar-refractivity contribution in [1.29, 1.82) is 0 Å². The van der Waals surface area contributed by atoms with Crippen LogP contribution >= 0.6 is 0 Å². The average Bonchev–Trinajstić information content (AvgIpc) is 1.61. The summed E-state index contributed by atoms with van der Waals surface area (Å²) in [5.74, 6) is 2.07. The highest BCUT2D eigenvalue weighted by molar-refractivity contribution is 5.08. The van der Waals surface area contributed by atoms with Gasteiger partial charge in [0.15, 0.2) is 0 Å². The van der Waals surface area contributed by atoms with E-state index in [1.165, 1.54) is 0 Å². The lowest BCUT2D eigenvalue weighted by atomic mass is 10.7. The first-order chi connectivity index (χ1) is 2.91. The van der Waals surface area contributed by atoms with Crippen molar-refractivity contribution in [3.05, 3.63) is 12.3 Å². The lowest BCUT2D eigenvalue weighted by Crippen LogP contribution is -1.49. The molecule has 2 nitrogen and oxygen atoms in total. The highest BCUT2D eigenvalue weighted by Crippen LogP contribution is 1.56. The van der Waals surface area contributed by atoms with Gasteiger partial charge >= 0.3 is 0 Å². The molecule has 0 aromatic carbocycles. The van der Waals surface area contributed by atoms with Crippen molar-refractivity contribution in [2.75, 3.05) is 0 Å². The Bertz CT molecular complexity index is 93.9. The first-order valence-electron chi connectivity index (χ1n) is 1.35. The van der Waals surface area contributed by atoms with E-state index in [-0.39, 0.29) is 0 Å². The minimum Gasteiger partial charge on any atom is -0.515 e. The lowest BCUT2D eigenvalue weighted by Gasteiger charge is -1.57. The molecule has 2 heteroatoms. The Morgan fingerprint density at radius 3 is 2.33 bits per heavy atom. The number of aliphatic hydroxyl groups is 2. The first-order valence-corrected chi connectivity index (χ1v) is 1.35. The van der Waals surface area contributed by atoms with E-state index >= 15 is 0 Å². The van der Waals surface area contributed by atoms with E-state index in [4.69, 9.17) is 10.2 Å². The van der Waals surface area contributed by atoms with Crippen LogP contribution in [0.3, 0.4) is 0 Å². The van der Waals surface area contributed by atoms with Gasteiger partial charge in [0.05, 0.1) is 6.26 Å². The normalized spacial score (nSPS) is 7.33. The van der Waals surface area contributed by atoms with Crippen molar-refractivity contribution >= 4 is 0 Å². The molecule has 0 aromatic heterocycles. The van der Waals surface area contributed by atoms with Crippen molar-refractivity contribution in [3.63, 3.8) is 0 Å². The number of rotatable bonds is 0. The quantitative estimate of drug-likeness (QED) is 0.329. The first kappa shape index (κ1) is 4.90. The van der Waals surface area contributed by atoms with Gasteiger partial charge in [0.1, 0.15) is 6.11 Å². The zero-order valence-corrected chi connectivity index (χ0v) is 3.05. The van der Waals surface area contributed by atoms with Gasteiger partial charge in [-0.25, -0.2) is 0 Å². The highest BCUT2D eigenvalue weighted by atomic mass is 16.2. The van der Waals surface area contributed by atoms with E-state index in [1.54, 1.807) is 6.11 Å². The summed E-state index contributed by atoms with van der Waals surface area (Å²) in [5, 5.41) is 15.5. The summed E-state index contributed by atoms with van der Waals surface area (Å²) < 4.78 is 0. The maximum absolute atomic E-state index is 7.80. The number of hydrogen-bond acceptors (Lipinski definition) is 2. The van der Waals surface area contributed by atoms with Crippen molar-refractivity contribution in [1.82, 2.24) is 0 Å². The van der Waals surface area contributed by atoms with Gasteiger partial charge in [-0.15, -0.1) is 0 Å². The van der Waals surface area contributed by atoms with Crippen LogP contribution in [-0.4, -0.2) is 10.2 Å². The zero-order valence-electron chi connectivity index (χ0n) is 3.05. The van der Waals surface area contributed by atoms with Crippen LogP contribution in [0, 0.1) is 12.0 Å². The predicted molar refractivity (Wildman–Crippen MR) is 21.5 cm³/mol. The molecule has 0 radical (unpaired) electrons. The Balaban J connectivity index is 3.24. The molecule has 0 heterocycles. The molecule has 32 valence electrons. The Morgan fingerprint density at radius 2 is 2.17 bits per heavy atom. The van der Waals surface area contributed by atoms with E-state index in [0.717, 1.165) is 12.3 Å². The van der Waals surface area contributed by atoms with Crippen molar-refractivity contribution in [2.45, 2.75) is 0 Å². The molecular weight excluding hydrogens is 80.0 g/mol. The summed E-state index contributed by atoms with van der Waals surface area (Å²) in [5.41, 5.74) is 0. The van der Waals surface area contributed by atoms with E-state index in [9.17, 15) is 0 Å². The smallest absolute Gasteiger partial charge is 0.112 e. The minimum absolute atomic E-state index is 0.753. The second kappa shape index (κ2) is 3.90. The molecule has 2 N–H and O–H groups in total. The summed E-state index contributed by atoms with van der Waals surface area (Å²) in [6.45, 7) is 0. The van der Waals surface area contributed by atoms with Crippen LogP contribution in [0.2, 0.25) is 0 Å². The molecule has 0 aliphatic rings. The van der Waals surface area contributed by atoms with Crippen molar-refractivity contribution in [2.24, 2.45) is 0 Å². The summed E-state index contributed by atoms with van der Waals surface area (Å²) in [4.78, 5) is 0. The van der Waals surface area contributed by atoms with Gasteiger partial charge in [0, 0.05) is 6.08 Å². The van der Waals surface area contributed by atoms with Gasteiger partial charge < -0.3 is 10.2 Å². The van der Waals surface area contributed by atoms with Gasteiger partial charge in [-0.3, -0.25) is 0 Å². The Kier molecular flexibility index (Phi) is 3.19. The van der Waals surface area contributed by atoms with Crippen LogP contribution in [-0.2, 0) is 0 Å². The molecular formula is C4H4O2. The minimum atomic E-state index is 0.753. The van der Waals surface area contributed by atoms with E-state index in [0.29, 0.717) is 0 Å². The molecule has 0 aliphatic heterocycles. The molecule has 0 bridgehead atoms. The number of hydrogen-bond donors (Lipinski definition) is 2. The van der Waals surface area contributed by atoms with Crippen LogP contribution in [0.5, 0.6) is 0 Å². The van der Waals surface area contributed by atoms with E-state index in [1.807, 2.05) is 0 Å². The predicted octanol–water partition coefficient (Wildman–Crippen LogP) is 0.391. The molecule has 0 atom stereocenters. The highest BCUT2D eigenvalue weighted by Gasteiger charge is 1.48. The monoisotopic (exact) mass is 84.0 g/mol. The molecule has 0 unspecified atom stereocenters. The van der Waals surface area contributed by atoms with Crippen LogP contribution in [0.25, 0.3) is 0 Å². The van der Waals surface area contributed by atoms with Crippen LogP contribution in [0.4, 0.5) is 0 Å². The zero-order chi connectivity index (χ0) is 4.83. The largest absolute Gasteiger partial charge is 0.515 e. The third-order valence-electron chi connectivity index (χ3n) is 0.222. The molecule has 0 amide bonds. The maximum atomic E-state index is 7.80. The fraction of sp³-hybridized carbons (Fsp3) is 0. The standard InChI is InChI=1S/C4H4O2/c5-3-1-2-4-6/h1,3,5-6H/b3-1+. The molecule has 0 saturated carbocycles. The SMILES string of the molecule is OC#C/C=C/O. The third kappa shape index (κ3) is 2.90. The van der Waals surface area contributed by atoms with Gasteiger partial charge in [-0.2, -0.15) is 0 Å².